The van der Waals surface area contributed by atoms with Gasteiger partial charge in [-0.25, -0.2) is 12.8 Å². The van der Waals surface area contributed by atoms with Crippen LogP contribution in [0.5, 0.6) is 0 Å². The van der Waals surface area contributed by atoms with E-state index in [-0.39, 0.29) is 10.0 Å². The fourth-order valence-corrected chi connectivity index (χ4v) is 5.89. The Kier molecular flexibility index (Phi) is 6.33. The quantitative estimate of drug-likeness (QED) is 0.357. The number of carboxylic acids is 1. The van der Waals surface area contributed by atoms with Crippen LogP contribution in [0.3, 0.4) is 0 Å². The summed E-state index contributed by atoms with van der Waals surface area (Å²) in [5, 5.41) is 10.6. The maximum Gasteiger partial charge on any atom is 0.322 e. The van der Waals surface area contributed by atoms with Gasteiger partial charge in [0.2, 0.25) is 0 Å². The lowest BCUT2D eigenvalue weighted by atomic mass is 9.93. The zero-order valence-corrected chi connectivity index (χ0v) is 19.0. The van der Waals surface area contributed by atoms with Gasteiger partial charge in [0, 0.05) is 28.6 Å². The molecule has 4 aromatic rings. The number of para-hydroxylation sites is 1. The highest BCUT2D eigenvalue weighted by atomic mass is 32.2. The minimum absolute atomic E-state index is 0.0386. The zero-order valence-electron chi connectivity index (χ0n) is 17.4. The minimum Gasteiger partial charge on any atom is -0.480 e. The van der Waals surface area contributed by atoms with Crippen molar-refractivity contribution in [2.45, 2.75) is 23.1 Å². The lowest BCUT2D eigenvalue weighted by Crippen LogP contribution is -2.43. The molecule has 2 aromatic carbocycles. The third kappa shape index (κ3) is 4.98. The van der Waals surface area contributed by atoms with Crippen LogP contribution in [0.4, 0.5) is 4.39 Å². The number of rotatable bonds is 6. The van der Waals surface area contributed by atoms with Gasteiger partial charge < -0.3 is 10.1 Å². The van der Waals surface area contributed by atoms with Crippen molar-refractivity contribution in [3.8, 4) is 11.8 Å². The van der Waals surface area contributed by atoms with Gasteiger partial charge in [-0.2, -0.15) is 4.72 Å². The average molecular weight is 483 g/mol. The van der Waals surface area contributed by atoms with Crippen molar-refractivity contribution < 1.29 is 22.7 Å². The van der Waals surface area contributed by atoms with Crippen molar-refractivity contribution in [1.29, 1.82) is 0 Å². The summed E-state index contributed by atoms with van der Waals surface area (Å²) in [5.41, 5.74) is 2.14. The summed E-state index contributed by atoms with van der Waals surface area (Å²) >= 11 is 0.930. The van der Waals surface area contributed by atoms with E-state index in [4.69, 9.17) is 0 Å². The van der Waals surface area contributed by atoms with Crippen molar-refractivity contribution in [2.75, 3.05) is 0 Å². The number of aliphatic carboxylic acids is 1. The second-order valence-corrected chi connectivity index (χ2v) is 10.4. The summed E-state index contributed by atoms with van der Waals surface area (Å²) in [6.45, 7) is 1.67. The number of aromatic nitrogens is 1. The highest BCUT2D eigenvalue weighted by molar-refractivity contribution is 7.91. The second kappa shape index (κ2) is 9.19. The molecule has 0 radical (unpaired) electrons. The molecule has 0 spiro atoms. The van der Waals surface area contributed by atoms with Gasteiger partial charge in [-0.15, -0.1) is 11.3 Å². The first-order valence-corrected chi connectivity index (χ1v) is 12.2. The molecule has 0 fully saturated rings. The summed E-state index contributed by atoms with van der Waals surface area (Å²) in [6, 6.07) is 14.6. The number of hydrogen-bond donors (Lipinski definition) is 3. The van der Waals surface area contributed by atoms with Gasteiger partial charge >= 0.3 is 5.97 Å². The first-order valence-electron chi connectivity index (χ1n) is 9.93. The minimum atomic E-state index is -4.10. The lowest BCUT2D eigenvalue weighted by molar-refractivity contribution is -0.139. The molecule has 33 heavy (non-hydrogen) atoms. The molecular formula is C24H19FN2O4S2. The predicted molar refractivity (Wildman–Crippen MR) is 125 cm³/mol. The number of halogens is 1. The van der Waals surface area contributed by atoms with Gasteiger partial charge in [-0.3, -0.25) is 4.79 Å². The Morgan fingerprint density at radius 3 is 2.55 bits per heavy atom. The standard InChI is InChI=1S/C24H19FN2O4S2/c1-15(20-14-26-21-5-3-2-4-19(20)21)23(24(28)29)27-33(30,31)22-13-12-18(32-22)11-8-16-6-9-17(25)10-7-16/h2-7,9-10,12-15,23,26-27H,1H3,(H,28,29)/t15?,23-/m1/s1. The maximum absolute atomic E-state index is 13.0. The molecule has 2 heterocycles. The summed E-state index contributed by atoms with van der Waals surface area (Å²) < 4.78 is 41.2. The van der Waals surface area contributed by atoms with Crippen LogP contribution in [0.1, 0.15) is 28.8 Å². The van der Waals surface area contributed by atoms with Crippen LogP contribution >= 0.6 is 11.3 Å². The van der Waals surface area contributed by atoms with E-state index in [9.17, 15) is 22.7 Å². The van der Waals surface area contributed by atoms with Gasteiger partial charge in [-0.05, 0) is 48.0 Å². The van der Waals surface area contributed by atoms with E-state index in [0.717, 1.165) is 22.2 Å². The van der Waals surface area contributed by atoms with Crippen molar-refractivity contribution in [2.24, 2.45) is 0 Å². The van der Waals surface area contributed by atoms with Crippen molar-refractivity contribution in [3.05, 3.63) is 88.7 Å². The van der Waals surface area contributed by atoms with Crippen LogP contribution in [0.2, 0.25) is 0 Å². The molecule has 0 aliphatic carbocycles. The Hall–Kier alpha value is -3.45. The van der Waals surface area contributed by atoms with E-state index in [2.05, 4.69) is 21.5 Å². The molecule has 9 heteroatoms. The Bertz CT molecular complexity index is 1480. The summed E-state index contributed by atoms with van der Waals surface area (Å²) in [7, 11) is -4.10. The molecule has 4 rings (SSSR count). The Labute approximate surface area is 194 Å². The maximum atomic E-state index is 13.0. The molecule has 2 aromatic heterocycles. The Morgan fingerprint density at radius 2 is 1.82 bits per heavy atom. The second-order valence-electron chi connectivity index (χ2n) is 7.39. The Morgan fingerprint density at radius 1 is 1.09 bits per heavy atom. The number of carboxylic acid groups (broad SMARTS) is 1. The largest absolute Gasteiger partial charge is 0.480 e. The molecule has 0 aliphatic heterocycles. The smallest absolute Gasteiger partial charge is 0.322 e. The summed E-state index contributed by atoms with van der Waals surface area (Å²) in [4.78, 5) is 15.6. The molecule has 0 saturated heterocycles. The van der Waals surface area contributed by atoms with Gasteiger partial charge in [0.25, 0.3) is 10.0 Å². The topological polar surface area (TPSA) is 99.3 Å². The van der Waals surface area contributed by atoms with E-state index in [0.29, 0.717) is 16.0 Å². The molecule has 6 nitrogen and oxygen atoms in total. The fraction of sp³-hybridized carbons (Fsp3) is 0.125. The van der Waals surface area contributed by atoms with E-state index >= 15 is 0 Å². The lowest BCUT2D eigenvalue weighted by Gasteiger charge is -2.21. The zero-order chi connectivity index (χ0) is 23.6. The molecule has 0 bridgehead atoms. The first-order chi connectivity index (χ1) is 15.7. The normalized spacial score (nSPS) is 13.3. The molecule has 0 aliphatic rings. The number of hydrogen-bond acceptors (Lipinski definition) is 4. The average Bonchev–Trinajstić information content (AvgIpc) is 3.44. The summed E-state index contributed by atoms with van der Waals surface area (Å²) in [6.07, 6.45) is 1.70. The van der Waals surface area contributed by atoms with E-state index in [1.165, 1.54) is 30.3 Å². The first kappa shape index (κ1) is 22.7. The third-order valence-corrected chi connectivity index (χ3v) is 8.11. The number of nitrogens with one attached hydrogen (secondary N) is 2. The highest BCUT2D eigenvalue weighted by Crippen LogP contribution is 2.29. The molecule has 1 unspecified atom stereocenters. The molecule has 3 N–H and O–H groups in total. The molecule has 0 saturated carbocycles. The monoisotopic (exact) mass is 482 g/mol. The number of fused-ring (bicyclic) bond motifs is 1. The number of aromatic amines is 1. The van der Waals surface area contributed by atoms with Crippen LogP contribution < -0.4 is 4.72 Å². The summed E-state index contributed by atoms with van der Waals surface area (Å²) in [5.74, 6) is 3.42. The van der Waals surface area contributed by atoms with Gasteiger partial charge in [0.05, 0.1) is 4.88 Å². The number of sulfonamides is 1. The van der Waals surface area contributed by atoms with Crippen LogP contribution in [0.15, 0.2) is 71.1 Å². The molecule has 2 atom stereocenters. The van der Waals surface area contributed by atoms with Crippen LogP contribution in [-0.2, 0) is 14.8 Å². The number of carbonyl (C=O) groups is 1. The SMILES string of the molecule is CC(c1c[nH]c2ccccc12)[C@@H](NS(=O)(=O)c1ccc(C#Cc2ccc(F)cc2)s1)C(=O)O. The van der Waals surface area contributed by atoms with E-state index < -0.39 is 28.0 Å². The number of benzene rings is 2. The van der Waals surface area contributed by atoms with Gasteiger partial charge in [0.15, 0.2) is 0 Å². The highest BCUT2D eigenvalue weighted by Gasteiger charge is 2.33. The number of thiophene rings is 1. The number of H-pyrrole nitrogens is 1. The van der Waals surface area contributed by atoms with Crippen molar-refractivity contribution >= 4 is 38.2 Å². The molecule has 168 valence electrons. The Balaban J connectivity index is 1.56. The van der Waals surface area contributed by atoms with Gasteiger partial charge in [0.1, 0.15) is 16.1 Å². The van der Waals surface area contributed by atoms with Crippen molar-refractivity contribution in [1.82, 2.24) is 9.71 Å². The fourth-order valence-electron chi connectivity index (χ4n) is 3.44. The third-order valence-electron chi connectivity index (χ3n) is 5.18. The van der Waals surface area contributed by atoms with Crippen LogP contribution in [0.25, 0.3) is 10.9 Å². The molecule has 0 amide bonds. The van der Waals surface area contributed by atoms with Gasteiger partial charge in [-0.1, -0.05) is 37.0 Å². The molecular weight excluding hydrogens is 463 g/mol. The van der Waals surface area contributed by atoms with Crippen molar-refractivity contribution in [3.63, 3.8) is 0 Å². The van der Waals surface area contributed by atoms with E-state index in [1.807, 2.05) is 24.3 Å². The van der Waals surface area contributed by atoms with E-state index in [1.54, 1.807) is 19.2 Å². The van der Waals surface area contributed by atoms with Crippen LogP contribution in [0, 0.1) is 17.7 Å². The van der Waals surface area contributed by atoms with Crippen LogP contribution in [-0.4, -0.2) is 30.5 Å². The predicted octanol–water partition coefficient (Wildman–Crippen LogP) is 4.30.